The minimum absolute atomic E-state index is 0.542. The third-order valence-electron chi connectivity index (χ3n) is 3.35. The second kappa shape index (κ2) is 5.07. The molecule has 104 valence electrons. The predicted molar refractivity (Wildman–Crippen MR) is 74.7 cm³/mol. The Hall–Kier alpha value is -2.17. The number of rotatable bonds is 4. The standard InChI is InChI=1S/C15H15F2N3/c1-2-6-19-10-13(9-18-19)12-4-3-11-5-7-20(15(16)17)14(11)8-12/h3-5,7-10,15H,2,6H2,1H3. The normalized spacial score (nSPS) is 11.6. The van der Waals surface area contributed by atoms with Gasteiger partial charge in [0, 0.05) is 24.5 Å². The van der Waals surface area contributed by atoms with Crippen molar-refractivity contribution < 1.29 is 8.78 Å². The van der Waals surface area contributed by atoms with Gasteiger partial charge in [0.2, 0.25) is 0 Å². The van der Waals surface area contributed by atoms with E-state index in [1.807, 2.05) is 23.0 Å². The molecule has 0 aliphatic carbocycles. The molecule has 1 aromatic carbocycles. The lowest BCUT2D eigenvalue weighted by molar-refractivity contribution is 0.0752. The fourth-order valence-electron chi connectivity index (χ4n) is 2.36. The molecule has 0 bridgehead atoms. The first-order valence-electron chi connectivity index (χ1n) is 6.60. The van der Waals surface area contributed by atoms with Gasteiger partial charge in [-0.3, -0.25) is 9.25 Å². The molecule has 2 heterocycles. The highest BCUT2D eigenvalue weighted by Crippen LogP contribution is 2.27. The summed E-state index contributed by atoms with van der Waals surface area (Å²) >= 11 is 0. The van der Waals surface area contributed by atoms with Crippen molar-refractivity contribution in [2.45, 2.75) is 26.4 Å². The molecule has 0 aliphatic rings. The third kappa shape index (κ3) is 2.19. The second-order valence-electron chi connectivity index (χ2n) is 4.77. The molecule has 0 spiro atoms. The Kier molecular flexibility index (Phi) is 3.26. The summed E-state index contributed by atoms with van der Waals surface area (Å²) in [5, 5.41) is 5.08. The maximum absolute atomic E-state index is 12.9. The van der Waals surface area contributed by atoms with E-state index in [-0.39, 0.29) is 0 Å². The molecule has 0 saturated heterocycles. The van der Waals surface area contributed by atoms with Crippen LogP contribution >= 0.6 is 0 Å². The first kappa shape index (κ1) is 12.8. The first-order valence-corrected chi connectivity index (χ1v) is 6.60. The zero-order chi connectivity index (χ0) is 14.1. The van der Waals surface area contributed by atoms with E-state index >= 15 is 0 Å². The Labute approximate surface area is 115 Å². The molecule has 0 amide bonds. The van der Waals surface area contributed by atoms with Gasteiger partial charge in [-0.05, 0) is 29.5 Å². The fraction of sp³-hybridized carbons (Fsp3) is 0.267. The van der Waals surface area contributed by atoms with Gasteiger partial charge < -0.3 is 0 Å². The molecule has 0 fully saturated rings. The van der Waals surface area contributed by atoms with Crippen LogP contribution in [0.25, 0.3) is 22.0 Å². The number of alkyl halides is 2. The number of aryl methyl sites for hydroxylation is 1. The molecule has 0 radical (unpaired) electrons. The first-order chi connectivity index (χ1) is 9.69. The minimum atomic E-state index is -2.52. The smallest absolute Gasteiger partial charge is 0.291 e. The topological polar surface area (TPSA) is 22.8 Å². The van der Waals surface area contributed by atoms with Gasteiger partial charge in [-0.15, -0.1) is 0 Å². The highest BCUT2D eigenvalue weighted by atomic mass is 19.3. The lowest BCUT2D eigenvalue weighted by atomic mass is 10.1. The van der Waals surface area contributed by atoms with Gasteiger partial charge in [0.1, 0.15) is 0 Å². The van der Waals surface area contributed by atoms with Crippen LogP contribution in [0.15, 0.2) is 42.9 Å². The van der Waals surface area contributed by atoms with Gasteiger partial charge in [-0.2, -0.15) is 13.9 Å². The zero-order valence-electron chi connectivity index (χ0n) is 11.1. The van der Waals surface area contributed by atoms with Crippen LogP contribution in [-0.4, -0.2) is 14.3 Å². The molecule has 0 saturated carbocycles. The van der Waals surface area contributed by atoms with E-state index in [9.17, 15) is 8.78 Å². The van der Waals surface area contributed by atoms with Crippen molar-refractivity contribution in [2.24, 2.45) is 0 Å². The van der Waals surface area contributed by atoms with Crippen LogP contribution in [0.5, 0.6) is 0 Å². The van der Waals surface area contributed by atoms with E-state index in [1.165, 1.54) is 6.20 Å². The highest BCUT2D eigenvalue weighted by molar-refractivity contribution is 5.85. The average Bonchev–Trinajstić information content (AvgIpc) is 3.04. The van der Waals surface area contributed by atoms with Gasteiger partial charge in [0.05, 0.1) is 11.7 Å². The van der Waals surface area contributed by atoms with E-state index in [2.05, 4.69) is 12.0 Å². The number of hydrogen-bond acceptors (Lipinski definition) is 1. The predicted octanol–water partition coefficient (Wildman–Crippen LogP) is 4.31. The Morgan fingerprint density at radius 2 is 2.05 bits per heavy atom. The van der Waals surface area contributed by atoms with Crippen molar-refractivity contribution >= 4 is 10.9 Å². The Morgan fingerprint density at radius 3 is 2.80 bits per heavy atom. The van der Waals surface area contributed by atoms with Gasteiger partial charge in [0.15, 0.2) is 0 Å². The number of benzene rings is 1. The Morgan fingerprint density at radius 1 is 1.20 bits per heavy atom. The molecule has 0 N–H and O–H groups in total. The molecule has 5 heteroatoms. The van der Waals surface area contributed by atoms with E-state index in [4.69, 9.17) is 0 Å². The van der Waals surface area contributed by atoms with Crippen molar-refractivity contribution in [3.05, 3.63) is 42.9 Å². The molecule has 3 rings (SSSR count). The lowest BCUT2D eigenvalue weighted by Gasteiger charge is -2.04. The van der Waals surface area contributed by atoms with Crippen LogP contribution in [-0.2, 0) is 6.54 Å². The SMILES string of the molecule is CCCn1cc(-c2ccc3ccn(C(F)F)c3c2)cn1. The summed E-state index contributed by atoms with van der Waals surface area (Å²) in [6.07, 6.45) is 6.14. The van der Waals surface area contributed by atoms with Crippen LogP contribution in [0.4, 0.5) is 8.78 Å². The van der Waals surface area contributed by atoms with E-state index < -0.39 is 6.55 Å². The number of fused-ring (bicyclic) bond motifs is 1. The van der Waals surface area contributed by atoms with Crippen molar-refractivity contribution in [1.29, 1.82) is 0 Å². The van der Waals surface area contributed by atoms with Gasteiger partial charge in [0.25, 0.3) is 0 Å². The lowest BCUT2D eigenvalue weighted by Crippen LogP contribution is -1.95. The Bertz CT molecular complexity index is 728. The average molecular weight is 275 g/mol. The zero-order valence-corrected chi connectivity index (χ0v) is 11.1. The number of hydrogen-bond donors (Lipinski definition) is 0. The van der Waals surface area contributed by atoms with Gasteiger partial charge in [-0.1, -0.05) is 19.1 Å². The highest BCUT2D eigenvalue weighted by Gasteiger charge is 2.11. The third-order valence-corrected chi connectivity index (χ3v) is 3.35. The van der Waals surface area contributed by atoms with Crippen LogP contribution in [0.2, 0.25) is 0 Å². The summed E-state index contributed by atoms with van der Waals surface area (Å²) in [6, 6.07) is 7.28. The molecule has 3 aromatic rings. The monoisotopic (exact) mass is 275 g/mol. The summed E-state index contributed by atoms with van der Waals surface area (Å²) in [5.41, 5.74) is 2.39. The molecule has 0 unspecified atom stereocenters. The maximum Gasteiger partial charge on any atom is 0.319 e. The van der Waals surface area contributed by atoms with Crippen LogP contribution in [0.1, 0.15) is 19.9 Å². The van der Waals surface area contributed by atoms with E-state index in [0.29, 0.717) is 5.52 Å². The molecule has 0 atom stereocenters. The number of nitrogens with zero attached hydrogens (tertiary/aromatic N) is 3. The molecular weight excluding hydrogens is 260 g/mol. The molecule has 2 aromatic heterocycles. The van der Waals surface area contributed by atoms with Crippen LogP contribution in [0, 0.1) is 0 Å². The second-order valence-corrected chi connectivity index (χ2v) is 4.77. The molecule has 0 aliphatic heterocycles. The minimum Gasteiger partial charge on any atom is -0.291 e. The summed E-state index contributed by atoms with van der Waals surface area (Å²) in [6.45, 7) is 0.420. The molecular formula is C15H15F2N3. The fourth-order valence-corrected chi connectivity index (χ4v) is 2.36. The van der Waals surface area contributed by atoms with E-state index in [0.717, 1.165) is 34.0 Å². The molecule has 20 heavy (non-hydrogen) atoms. The number of aromatic nitrogens is 3. The van der Waals surface area contributed by atoms with E-state index in [1.54, 1.807) is 18.3 Å². The molecule has 3 nitrogen and oxygen atoms in total. The van der Waals surface area contributed by atoms with Crippen molar-refractivity contribution in [2.75, 3.05) is 0 Å². The summed E-state index contributed by atoms with van der Waals surface area (Å²) < 4.78 is 28.7. The quantitative estimate of drug-likeness (QED) is 0.695. The van der Waals surface area contributed by atoms with Gasteiger partial charge in [-0.25, -0.2) is 0 Å². The van der Waals surface area contributed by atoms with Gasteiger partial charge >= 0.3 is 6.55 Å². The maximum atomic E-state index is 12.9. The summed E-state index contributed by atoms with van der Waals surface area (Å²) in [7, 11) is 0. The van der Waals surface area contributed by atoms with Crippen LogP contribution in [0.3, 0.4) is 0 Å². The largest absolute Gasteiger partial charge is 0.319 e. The summed E-state index contributed by atoms with van der Waals surface area (Å²) in [4.78, 5) is 0. The number of halogens is 2. The van der Waals surface area contributed by atoms with Crippen molar-refractivity contribution in [3.8, 4) is 11.1 Å². The Balaban J connectivity index is 2.04. The van der Waals surface area contributed by atoms with Crippen LogP contribution < -0.4 is 0 Å². The summed E-state index contributed by atoms with van der Waals surface area (Å²) in [5.74, 6) is 0. The van der Waals surface area contributed by atoms with Crippen molar-refractivity contribution in [1.82, 2.24) is 14.3 Å². The van der Waals surface area contributed by atoms with Crippen molar-refractivity contribution in [3.63, 3.8) is 0 Å².